The maximum absolute atomic E-state index is 13.8. The van der Waals surface area contributed by atoms with Crippen LogP contribution in [-0.2, 0) is 9.59 Å². The lowest BCUT2D eigenvalue weighted by Crippen LogP contribution is -2.58. The molecule has 0 aliphatic carbocycles. The minimum Gasteiger partial charge on any atom is -0.333 e. The molecule has 1 aromatic rings. The topological polar surface area (TPSA) is 62.3 Å². The molecule has 1 aliphatic heterocycles. The van der Waals surface area contributed by atoms with Crippen molar-refractivity contribution in [2.45, 2.75) is 19.4 Å². The van der Waals surface area contributed by atoms with E-state index in [4.69, 9.17) is 11.6 Å². The van der Waals surface area contributed by atoms with Gasteiger partial charge in [0.25, 0.3) is 0 Å². The molecule has 96 valence electrons. The number of pyridine rings is 1. The summed E-state index contributed by atoms with van der Waals surface area (Å²) in [4.78, 5) is 28.2. The van der Waals surface area contributed by atoms with Crippen molar-refractivity contribution in [3.63, 3.8) is 0 Å². The molecule has 5 nitrogen and oxygen atoms in total. The molecule has 1 N–H and O–H groups in total. The first-order chi connectivity index (χ1) is 8.52. The molecule has 1 saturated heterocycles. The summed E-state index contributed by atoms with van der Waals surface area (Å²) < 4.78 is 13.8. The summed E-state index contributed by atoms with van der Waals surface area (Å²) in [5.41, 5.74) is 0. The van der Waals surface area contributed by atoms with Crippen molar-refractivity contribution in [1.29, 1.82) is 0 Å². The highest BCUT2D eigenvalue weighted by molar-refractivity contribution is 6.30. The number of imide groups is 1. The largest absolute Gasteiger partial charge is 0.333 e. The van der Waals surface area contributed by atoms with Gasteiger partial charge in [0.1, 0.15) is 6.04 Å². The highest BCUT2D eigenvalue weighted by Crippen LogP contribution is 2.23. The molecule has 0 saturated carbocycles. The van der Waals surface area contributed by atoms with Crippen LogP contribution in [0.2, 0.25) is 5.02 Å². The normalized spacial score (nSPS) is 19.9. The maximum atomic E-state index is 13.8. The van der Waals surface area contributed by atoms with Crippen molar-refractivity contribution in [2.24, 2.45) is 0 Å². The Bertz CT molecular complexity index is 509. The Labute approximate surface area is 108 Å². The van der Waals surface area contributed by atoms with E-state index in [0.717, 1.165) is 6.07 Å². The zero-order valence-electron chi connectivity index (χ0n) is 9.61. The van der Waals surface area contributed by atoms with E-state index in [-0.39, 0.29) is 17.4 Å². The van der Waals surface area contributed by atoms with Crippen LogP contribution < -0.4 is 10.2 Å². The summed E-state index contributed by atoms with van der Waals surface area (Å²) in [7, 11) is 0. The second kappa shape index (κ2) is 4.89. The first-order valence-electron chi connectivity index (χ1n) is 5.44. The maximum Gasteiger partial charge on any atom is 0.249 e. The lowest BCUT2D eigenvalue weighted by molar-refractivity contribution is -0.132. The summed E-state index contributed by atoms with van der Waals surface area (Å²) in [6.45, 7) is 1.68. The molecule has 2 amide bonds. The van der Waals surface area contributed by atoms with Crippen LogP contribution in [0, 0.1) is 5.82 Å². The molecule has 2 rings (SSSR count). The zero-order chi connectivity index (χ0) is 13.3. The van der Waals surface area contributed by atoms with Crippen molar-refractivity contribution in [1.82, 2.24) is 10.3 Å². The van der Waals surface area contributed by atoms with Gasteiger partial charge in [-0.1, -0.05) is 18.5 Å². The molecular weight excluding hydrogens is 261 g/mol. The van der Waals surface area contributed by atoms with Gasteiger partial charge in [0.15, 0.2) is 11.6 Å². The summed E-state index contributed by atoms with van der Waals surface area (Å²) in [5.74, 6) is -1.59. The SMILES string of the molecule is CCC1C(=O)NC(=O)CN1c1ncc(Cl)cc1F. The predicted molar refractivity (Wildman–Crippen MR) is 63.8 cm³/mol. The number of carbonyl (C=O) groups excluding carboxylic acids is 2. The lowest BCUT2D eigenvalue weighted by Gasteiger charge is -2.34. The number of nitrogens with zero attached hydrogens (tertiary/aromatic N) is 2. The molecule has 1 fully saturated rings. The molecule has 1 aliphatic rings. The Morgan fingerprint density at radius 2 is 2.33 bits per heavy atom. The summed E-state index contributed by atoms with van der Waals surface area (Å²) in [6.07, 6.45) is 1.73. The molecule has 2 heterocycles. The van der Waals surface area contributed by atoms with Crippen LogP contribution in [0.25, 0.3) is 0 Å². The van der Waals surface area contributed by atoms with Crippen LogP contribution in [0.3, 0.4) is 0 Å². The van der Waals surface area contributed by atoms with E-state index in [9.17, 15) is 14.0 Å². The fourth-order valence-electron chi connectivity index (χ4n) is 1.91. The highest BCUT2D eigenvalue weighted by Gasteiger charge is 2.34. The van der Waals surface area contributed by atoms with E-state index in [1.807, 2.05) is 0 Å². The van der Waals surface area contributed by atoms with Crippen molar-refractivity contribution in [3.05, 3.63) is 23.1 Å². The monoisotopic (exact) mass is 271 g/mol. The average Bonchev–Trinajstić information content (AvgIpc) is 2.28. The Morgan fingerprint density at radius 1 is 1.61 bits per heavy atom. The van der Waals surface area contributed by atoms with Gasteiger partial charge in [0, 0.05) is 6.20 Å². The number of carbonyl (C=O) groups is 2. The zero-order valence-corrected chi connectivity index (χ0v) is 10.4. The molecule has 7 heteroatoms. The third-order valence-electron chi connectivity index (χ3n) is 2.70. The van der Waals surface area contributed by atoms with Gasteiger partial charge >= 0.3 is 0 Å². The molecule has 18 heavy (non-hydrogen) atoms. The van der Waals surface area contributed by atoms with Crippen LogP contribution in [0.5, 0.6) is 0 Å². The molecule has 1 unspecified atom stereocenters. The number of nitrogens with one attached hydrogen (secondary N) is 1. The second-order valence-corrected chi connectivity index (χ2v) is 4.36. The Kier molecular flexibility index (Phi) is 3.47. The van der Waals surface area contributed by atoms with E-state index in [0.29, 0.717) is 6.42 Å². The third-order valence-corrected chi connectivity index (χ3v) is 2.91. The standard InChI is InChI=1S/C11H11ClFN3O2/c1-2-8-11(18)15-9(17)5-16(8)10-7(13)3-6(12)4-14-10/h3-4,8H,2,5H2,1H3,(H,15,17,18). The lowest BCUT2D eigenvalue weighted by atomic mass is 10.1. The fourth-order valence-corrected chi connectivity index (χ4v) is 2.06. The minimum atomic E-state index is -0.650. The molecule has 1 aromatic heterocycles. The quantitative estimate of drug-likeness (QED) is 0.819. The third kappa shape index (κ3) is 2.28. The Balaban J connectivity index is 2.39. The van der Waals surface area contributed by atoms with Crippen molar-refractivity contribution in [3.8, 4) is 0 Å². The molecule has 0 aromatic carbocycles. The fraction of sp³-hybridized carbons (Fsp3) is 0.364. The van der Waals surface area contributed by atoms with E-state index in [1.165, 1.54) is 11.1 Å². The van der Waals surface area contributed by atoms with Crippen LogP contribution in [0.4, 0.5) is 10.2 Å². The Hall–Kier alpha value is -1.69. The molecule has 0 spiro atoms. The molecule has 0 radical (unpaired) electrons. The van der Waals surface area contributed by atoms with Gasteiger partial charge in [-0.25, -0.2) is 9.37 Å². The molecule has 1 atom stereocenters. The van der Waals surface area contributed by atoms with Crippen LogP contribution in [0.1, 0.15) is 13.3 Å². The van der Waals surface area contributed by atoms with Gasteiger partial charge in [0.05, 0.1) is 11.6 Å². The summed E-state index contributed by atoms with van der Waals surface area (Å²) >= 11 is 5.62. The smallest absolute Gasteiger partial charge is 0.249 e. The number of piperazine rings is 1. The van der Waals surface area contributed by atoms with E-state index >= 15 is 0 Å². The minimum absolute atomic E-state index is 0.0329. The van der Waals surface area contributed by atoms with Crippen molar-refractivity contribution >= 4 is 29.2 Å². The van der Waals surface area contributed by atoms with Gasteiger partial charge in [-0.15, -0.1) is 0 Å². The van der Waals surface area contributed by atoms with E-state index in [1.54, 1.807) is 6.92 Å². The van der Waals surface area contributed by atoms with E-state index in [2.05, 4.69) is 10.3 Å². The number of halogens is 2. The summed E-state index contributed by atoms with van der Waals surface area (Å²) in [6, 6.07) is 0.499. The second-order valence-electron chi connectivity index (χ2n) is 3.92. The van der Waals surface area contributed by atoms with Gasteiger partial charge in [-0.2, -0.15) is 0 Å². The summed E-state index contributed by atoms with van der Waals surface area (Å²) in [5, 5.41) is 2.38. The average molecular weight is 272 g/mol. The molecular formula is C11H11ClFN3O2. The van der Waals surface area contributed by atoms with Crippen molar-refractivity contribution < 1.29 is 14.0 Å². The van der Waals surface area contributed by atoms with Gasteiger partial charge in [-0.05, 0) is 12.5 Å². The van der Waals surface area contributed by atoms with Crippen LogP contribution in [-0.4, -0.2) is 29.4 Å². The number of hydrogen-bond acceptors (Lipinski definition) is 4. The first kappa shape index (κ1) is 12.8. The van der Waals surface area contributed by atoms with Gasteiger partial charge < -0.3 is 4.90 Å². The highest BCUT2D eigenvalue weighted by atomic mass is 35.5. The van der Waals surface area contributed by atoms with Crippen LogP contribution in [0.15, 0.2) is 12.3 Å². The number of anilines is 1. The van der Waals surface area contributed by atoms with Gasteiger partial charge in [-0.3, -0.25) is 14.9 Å². The number of rotatable bonds is 2. The predicted octanol–water partition coefficient (Wildman–Crippen LogP) is 1.12. The first-order valence-corrected chi connectivity index (χ1v) is 5.82. The number of amides is 2. The Morgan fingerprint density at radius 3 is 2.94 bits per heavy atom. The van der Waals surface area contributed by atoms with Crippen LogP contribution >= 0.6 is 11.6 Å². The van der Waals surface area contributed by atoms with E-state index < -0.39 is 23.7 Å². The molecule has 0 bridgehead atoms. The van der Waals surface area contributed by atoms with Gasteiger partial charge in [0.2, 0.25) is 11.8 Å². The number of hydrogen-bond donors (Lipinski definition) is 1. The number of aromatic nitrogens is 1. The van der Waals surface area contributed by atoms with Crippen molar-refractivity contribution in [2.75, 3.05) is 11.4 Å².